The fraction of sp³-hybridized carbons (Fsp3) is 0.417. The van der Waals surface area contributed by atoms with Crippen LogP contribution >= 0.6 is 0 Å². The Kier molecular flexibility index (Phi) is 7.28. The van der Waals surface area contributed by atoms with Crippen molar-refractivity contribution < 1.29 is 35.9 Å². The second kappa shape index (κ2) is 10.1. The van der Waals surface area contributed by atoms with Gasteiger partial charge in [0.1, 0.15) is 6.10 Å². The van der Waals surface area contributed by atoms with Crippen LogP contribution in [0.2, 0.25) is 0 Å². The summed E-state index contributed by atoms with van der Waals surface area (Å²) in [6.07, 6.45) is -2.46. The van der Waals surface area contributed by atoms with E-state index in [4.69, 9.17) is 4.74 Å². The first-order valence-electron chi connectivity index (χ1n) is 11.4. The van der Waals surface area contributed by atoms with Crippen LogP contribution in [0.15, 0.2) is 42.5 Å². The minimum absolute atomic E-state index is 0.230. The van der Waals surface area contributed by atoms with Crippen molar-refractivity contribution >= 4 is 27.6 Å². The summed E-state index contributed by atoms with van der Waals surface area (Å²) in [6.45, 7) is 2.94. The summed E-state index contributed by atoms with van der Waals surface area (Å²) in [6, 6.07) is 9.02. The highest BCUT2D eigenvalue weighted by Gasteiger charge is 2.32. The van der Waals surface area contributed by atoms with Gasteiger partial charge in [-0.25, -0.2) is 13.2 Å². The van der Waals surface area contributed by atoms with Crippen LogP contribution < -0.4 is 4.72 Å². The molecule has 12 heteroatoms. The Morgan fingerprint density at radius 2 is 1.75 bits per heavy atom. The average molecular weight is 526 g/mol. The predicted molar refractivity (Wildman–Crippen MR) is 126 cm³/mol. The van der Waals surface area contributed by atoms with E-state index < -0.39 is 33.8 Å². The molecule has 0 aromatic heterocycles. The smallest absolute Gasteiger partial charge is 0.416 e. The van der Waals surface area contributed by atoms with Crippen molar-refractivity contribution in [3.8, 4) is 0 Å². The van der Waals surface area contributed by atoms with Gasteiger partial charge in [0.05, 0.1) is 17.4 Å². The van der Waals surface area contributed by atoms with E-state index in [0.717, 1.165) is 36.9 Å². The molecule has 1 atom stereocenters. The molecule has 0 radical (unpaired) electrons. The number of ether oxygens (including phenoxy) is 1. The average Bonchev–Trinajstić information content (AvgIpc) is 3.12. The summed E-state index contributed by atoms with van der Waals surface area (Å²) in [5.74, 6) is -0.773. The molecule has 0 spiro atoms. The van der Waals surface area contributed by atoms with Crippen molar-refractivity contribution in [2.45, 2.75) is 25.1 Å². The zero-order valence-corrected chi connectivity index (χ0v) is 20.4. The van der Waals surface area contributed by atoms with E-state index >= 15 is 0 Å². The number of rotatable bonds is 7. The van der Waals surface area contributed by atoms with Gasteiger partial charge in [0.25, 0.3) is 5.91 Å². The van der Waals surface area contributed by atoms with Crippen LogP contribution in [0, 0.1) is 0 Å². The normalized spacial score (nSPS) is 18.6. The maximum Gasteiger partial charge on any atom is 0.416 e. The number of halogens is 3. The van der Waals surface area contributed by atoms with Crippen LogP contribution in [-0.4, -0.2) is 69.1 Å². The number of benzene rings is 2. The number of nitrogens with one attached hydrogen (secondary N) is 1. The van der Waals surface area contributed by atoms with E-state index in [9.17, 15) is 31.2 Å². The summed E-state index contributed by atoms with van der Waals surface area (Å²) in [7, 11) is -3.46. The quantitative estimate of drug-likeness (QED) is 0.556. The molecular weight excluding hydrogens is 499 g/mol. The molecule has 2 aromatic rings. The van der Waals surface area contributed by atoms with Gasteiger partial charge in [-0.2, -0.15) is 13.2 Å². The lowest BCUT2D eigenvalue weighted by atomic mass is 10.0. The number of anilines is 1. The largest absolute Gasteiger partial charge is 0.454 e. The standard InChI is InChI=1S/C24H26F3N3O5S/c1-36(33,34)28-18-8-9-19-20(15-18)23(32)35-21(19)3-2-10-29-11-13-30(14-12-29)22(31)16-4-6-17(7-5-16)24(25,26)27/h4-9,15,21,28H,2-3,10-14H2,1H3. The highest BCUT2D eigenvalue weighted by atomic mass is 32.2. The van der Waals surface area contributed by atoms with E-state index in [1.165, 1.54) is 18.2 Å². The molecule has 2 aromatic carbocycles. The van der Waals surface area contributed by atoms with Crippen LogP contribution in [0.3, 0.4) is 0 Å². The molecule has 1 saturated heterocycles. The monoisotopic (exact) mass is 525 g/mol. The number of piperazine rings is 1. The van der Waals surface area contributed by atoms with Crippen molar-refractivity contribution in [1.29, 1.82) is 0 Å². The molecule has 2 aliphatic rings. The third-order valence-electron chi connectivity index (χ3n) is 6.23. The van der Waals surface area contributed by atoms with Crippen LogP contribution in [0.5, 0.6) is 0 Å². The van der Waals surface area contributed by atoms with Gasteiger partial charge < -0.3 is 9.64 Å². The first-order valence-corrected chi connectivity index (χ1v) is 13.3. The molecule has 8 nitrogen and oxygen atoms in total. The minimum Gasteiger partial charge on any atom is -0.454 e. The molecule has 1 N–H and O–H groups in total. The molecule has 2 aliphatic heterocycles. The second-order valence-electron chi connectivity index (χ2n) is 8.92. The van der Waals surface area contributed by atoms with Crippen LogP contribution in [0.1, 0.15) is 50.8 Å². The molecule has 36 heavy (non-hydrogen) atoms. The summed E-state index contributed by atoms with van der Waals surface area (Å²) in [4.78, 5) is 28.7. The number of hydrogen-bond donors (Lipinski definition) is 1. The van der Waals surface area contributed by atoms with Gasteiger partial charge in [0.15, 0.2) is 0 Å². The van der Waals surface area contributed by atoms with Gasteiger partial charge in [-0.15, -0.1) is 0 Å². The number of amides is 1. The number of hydrogen-bond acceptors (Lipinski definition) is 6. The fourth-order valence-corrected chi connectivity index (χ4v) is 4.98. The van der Waals surface area contributed by atoms with Crippen LogP contribution in [-0.2, 0) is 20.9 Å². The van der Waals surface area contributed by atoms with E-state index in [1.807, 2.05) is 0 Å². The number of nitrogens with zero attached hydrogens (tertiary/aromatic N) is 2. The number of carbonyl (C=O) groups is 2. The predicted octanol–water partition coefficient (Wildman–Crippen LogP) is 3.53. The van der Waals surface area contributed by atoms with Gasteiger partial charge in [-0.05, 0) is 55.8 Å². The molecule has 194 valence electrons. The van der Waals surface area contributed by atoms with Crippen molar-refractivity contribution in [3.05, 3.63) is 64.7 Å². The SMILES string of the molecule is CS(=O)(=O)Nc1ccc2c(c1)C(=O)OC2CCCN1CCN(C(=O)c2ccc(C(F)(F)F)cc2)CC1. The Bertz CT molecular complexity index is 1240. The van der Waals surface area contributed by atoms with E-state index in [1.54, 1.807) is 17.0 Å². The number of carbonyl (C=O) groups excluding carboxylic acids is 2. The Labute approximate surface area is 207 Å². The number of cyclic esters (lactones) is 1. The third-order valence-corrected chi connectivity index (χ3v) is 6.84. The highest BCUT2D eigenvalue weighted by Crippen LogP contribution is 2.35. The summed E-state index contributed by atoms with van der Waals surface area (Å²) >= 11 is 0. The summed E-state index contributed by atoms with van der Waals surface area (Å²) in [5.41, 5.74) is 0.825. The second-order valence-corrected chi connectivity index (χ2v) is 10.7. The molecule has 0 saturated carbocycles. The number of alkyl halides is 3. The lowest BCUT2D eigenvalue weighted by Crippen LogP contribution is -2.48. The zero-order valence-electron chi connectivity index (χ0n) is 19.5. The third kappa shape index (κ3) is 6.16. The van der Waals surface area contributed by atoms with Crippen molar-refractivity contribution in [2.75, 3.05) is 43.7 Å². The Morgan fingerprint density at radius 1 is 1.08 bits per heavy atom. The number of fused-ring (bicyclic) bond motifs is 1. The van der Waals surface area contributed by atoms with E-state index in [0.29, 0.717) is 43.9 Å². The first kappa shape index (κ1) is 26.0. The fourth-order valence-electron chi connectivity index (χ4n) is 4.42. The zero-order chi connectivity index (χ0) is 26.1. The van der Waals surface area contributed by atoms with Crippen LogP contribution in [0.25, 0.3) is 0 Å². The van der Waals surface area contributed by atoms with E-state index in [2.05, 4.69) is 9.62 Å². The first-order chi connectivity index (χ1) is 16.9. The molecule has 0 bridgehead atoms. The van der Waals surface area contributed by atoms with Crippen LogP contribution in [0.4, 0.5) is 18.9 Å². The van der Waals surface area contributed by atoms with Gasteiger partial charge in [0, 0.05) is 43.0 Å². The number of sulfonamides is 1. The summed E-state index contributed by atoms with van der Waals surface area (Å²) < 4.78 is 68.9. The van der Waals surface area contributed by atoms with Gasteiger partial charge in [-0.1, -0.05) is 6.07 Å². The lowest BCUT2D eigenvalue weighted by molar-refractivity contribution is -0.137. The molecule has 4 rings (SSSR count). The lowest BCUT2D eigenvalue weighted by Gasteiger charge is -2.35. The maximum atomic E-state index is 12.7. The molecule has 1 fully saturated rings. The molecule has 0 aliphatic carbocycles. The number of esters is 1. The topological polar surface area (TPSA) is 96.0 Å². The van der Waals surface area contributed by atoms with E-state index in [-0.39, 0.29) is 11.5 Å². The maximum absolute atomic E-state index is 12.7. The molecule has 2 heterocycles. The molecule has 1 unspecified atom stereocenters. The van der Waals surface area contributed by atoms with Gasteiger partial charge in [0.2, 0.25) is 10.0 Å². The Hall–Kier alpha value is -3.12. The minimum atomic E-state index is -4.44. The van der Waals surface area contributed by atoms with Crippen molar-refractivity contribution in [3.63, 3.8) is 0 Å². The summed E-state index contributed by atoms with van der Waals surface area (Å²) in [5, 5.41) is 0. The molecular formula is C24H26F3N3O5S. The van der Waals surface area contributed by atoms with Gasteiger partial charge in [-0.3, -0.25) is 14.4 Å². The molecule has 1 amide bonds. The van der Waals surface area contributed by atoms with Gasteiger partial charge >= 0.3 is 12.1 Å². The Balaban J connectivity index is 1.25. The van der Waals surface area contributed by atoms with Crippen molar-refractivity contribution in [1.82, 2.24) is 9.80 Å². The van der Waals surface area contributed by atoms with Crippen molar-refractivity contribution in [2.24, 2.45) is 0 Å². The highest BCUT2D eigenvalue weighted by molar-refractivity contribution is 7.92. The Morgan fingerprint density at radius 3 is 2.36 bits per heavy atom.